The summed E-state index contributed by atoms with van der Waals surface area (Å²) in [4.78, 5) is 23.0. The van der Waals surface area contributed by atoms with Gasteiger partial charge in [-0.2, -0.15) is 0 Å². The first kappa shape index (κ1) is 19.6. The van der Waals surface area contributed by atoms with Crippen LogP contribution in [0.4, 0.5) is 5.69 Å². The number of aromatic nitrogens is 3. The number of benzene rings is 1. The van der Waals surface area contributed by atoms with Gasteiger partial charge in [0.15, 0.2) is 0 Å². The number of hydrogen-bond acceptors (Lipinski definition) is 5. The molecule has 0 unspecified atom stereocenters. The monoisotopic (exact) mass is 406 g/mol. The molecule has 3 heterocycles. The van der Waals surface area contributed by atoms with Crippen molar-refractivity contribution in [3.8, 4) is 0 Å². The van der Waals surface area contributed by atoms with Crippen molar-refractivity contribution in [2.75, 3.05) is 5.32 Å². The smallest absolute Gasteiger partial charge is 0.271 e. The highest BCUT2D eigenvalue weighted by atomic mass is 32.1. The van der Waals surface area contributed by atoms with Crippen molar-refractivity contribution >= 4 is 37.5 Å². The van der Waals surface area contributed by atoms with Gasteiger partial charge < -0.3 is 5.32 Å². The molecule has 0 spiro atoms. The van der Waals surface area contributed by atoms with Crippen LogP contribution in [0.1, 0.15) is 44.6 Å². The van der Waals surface area contributed by atoms with Crippen molar-refractivity contribution < 1.29 is 0 Å². The van der Waals surface area contributed by atoms with Crippen molar-refractivity contribution in [2.45, 2.75) is 52.1 Å². The summed E-state index contributed by atoms with van der Waals surface area (Å²) in [5.74, 6) is 0. The van der Waals surface area contributed by atoms with Gasteiger partial charge in [0.25, 0.3) is 5.56 Å². The Hall–Kier alpha value is -2.73. The lowest BCUT2D eigenvalue weighted by Crippen LogP contribution is -2.19. The van der Waals surface area contributed by atoms with Crippen LogP contribution in [0.15, 0.2) is 53.7 Å². The van der Waals surface area contributed by atoms with E-state index in [0.717, 1.165) is 40.8 Å². The molecule has 0 bridgehead atoms. The number of nitrogens with one attached hydrogen (secondary N) is 1. The molecule has 4 rings (SSSR count). The Bertz CT molecular complexity index is 1150. The Morgan fingerprint density at radius 3 is 2.69 bits per heavy atom. The first-order valence-electron chi connectivity index (χ1n) is 10.3. The second-order valence-electron chi connectivity index (χ2n) is 7.31. The largest absolute Gasteiger partial charge is 0.380 e. The average molecular weight is 407 g/mol. The fraction of sp³-hybridized carbons (Fsp3) is 0.348. The van der Waals surface area contributed by atoms with E-state index >= 15 is 0 Å². The molecule has 1 N–H and O–H groups in total. The minimum atomic E-state index is 0.0440. The molecular weight excluding hydrogens is 380 g/mol. The number of thiophene rings is 1. The van der Waals surface area contributed by atoms with E-state index in [0.29, 0.717) is 11.2 Å². The summed E-state index contributed by atoms with van der Waals surface area (Å²) in [6, 6.07) is 12.2. The number of nitrogens with zero attached hydrogens (tertiary/aromatic N) is 3. The molecule has 1 aromatic carbocycles. The first-order chi connectivity index (χ1) is 14.3. The summed E-state index contributed by atoms with van der Waals surface area (Å²) in [5.41, 5.74) is 2.97. The van der Waals surface area contributed by atoms with Crippen LogP contribution in [-0.4, -0.2) is 14.5 Å². The molecule has 5 nitrogen and oxygen atoms in total. The third-order valence-corrected chi connectivity index (χ3v) is 6.25. The Labute approximate surface area is 174 Å². The van der Waals surface area contributed by atoms with Crippen LogP contribution in [0.2, 0.25) is 0 Å². The zero-order chi connectivity index (χ0) is 20.1. The zero-order valence-corrected chi connectivity index (χ0v) is 17.5. The molecule has 6 heteroatoms. The standard InChI is InChI=1S/C23H26N4OS/c1-2-3-4-5-9-14-27-16-26-20-19-18(25-15-17-10-7-6-8-11-17)12-13-24-22(19)29-21(20)23(27)28/h6-8,10-13,16H,2-5,9,14-15H2,1H3,(H,24,25). The Balaban J connectivity index is 1.61. The van der Waals surface area contributed by atoms with Crippen molar-refractivity contribution in [1.29, 1.82) is 0 Å². The average Bonchev–Trinajstić information content (AvgIpc) is 3.14. The summed E-state index contributed by atoms with van der Waals surface area (Å²) in [6.07, 6.45) is 9.36. The topological polar surface area (TPSA) is 59.8 Å². The molecule has 0 aliphatic rings. The maximum Gasteiger partial charge on any atom is 0.271 e. The van der Waals surface area contributed by atoms with Crippen LogP contribution < -0.4 is 10.9 Å². The summed E-state index contributed by atoms with van der Waals surface area (Å²) < 4.78 is 2.44. The van der Waals surface area contributed by atoms with Gasteiger partial charge in [-0.25, -0.2) is 9.97 Å². The Morgan fingerprint density at radius 2 is 1.86 bits per heavy atom. The highest BCUT2D eigenvalue weighted by Gasteiger charge is 2.15. The number of unbranched alkanes of at least 4 members (excludes halogenated alkanes) is 4. The van der Waals surface area contributed by atoms with Gasteiger partial charge in [0.2, 0.25) is 0 Å². The van der Waals surface area contributed by atoms with Crippen molar-refractivity contribution in [3.63, 3.8) is 0 Å². The first-order valence-corrected chi connectivity index (χ1v) is 11.1. The molecule has 150 valence electrons. The van der Waals surface area contributed by atoms with Crippen LogP contribution in [-0.2, 0) is 13.1 Å². The van der Waals surface area contributed by atoms with E-state index in [9.17, 15) is 4.79 Å². The van der Waals surface area contributed by atoms with Crippen LogP contribution in [0.3, 0.4) is 0 Å². The highest BCUT2D eigenvalue weighted by Crippen LogP contribution is 2.34. The number of hydrogen-bond donors (Lipinski definition) is 1. The molecule has 0 aliphatic carbocycles. The van der Waals surface area contributed by atoms with Crippen molar-refractivity contribution in [3.05, 3.63) is 64.8 Å². The number of anilines is 1. The van der Waals surface area contributed by atoms with Crippen LogP contribution in [0, 0.1) is 0 Å². The minimum absolute atomic E-state index is 0.0440. The maximum atomic E-state index is 13.0. The molecule has 3 aromatic heterocycles. The molecule has 0 amide bonds. The third kappa shape index (κ3) is 4.32. The summed E-state index contributed by atoms with van der Waals surface area (Å²) in [5, 5.41) is 4.43. The normalized spacial score (nSPS) is 11.3. The van der Waals surface area contributed by atoms with Gasteiger partial charge in [-0.05, 0) is 18.1 Å². The van der Waals surface area contributed by atoms with E-state index in [4.69, 9.17) is 0 Å². The predicted octanol–water partition coefficient (Wildman–Crippen LogP) is 5.59. The molecule has 0 saturated heterocycles. The Morgan fingerprint density at radius 1 is 1.03 bits per heavy atom. The third-order valence-electron chi connectivity index (χ3n) is 5.18. The molecule has 0 saturated carbocycles. The molecule has 0 aliphatic heterocycles. The second kappa shape index (κ2) is 9.18. The van der Waals surface area contributed by atoms with E-state index in [1.807, 2.05) is 24.3 Å². The van der Waals surface area contributed by atoms with Gasteiger partial charge >= 0.3 is 0 Å². The van der Waals surface area contributed by atoms with E-state index in [1.54, 1.807) is 17.1 Å². The second-order valence-corrected chi connectivity index (χ2v) is 8.31. The predicted molar refractivity (Wildman–Crippen MR) is 122 cm³/mol. The quantitative estimate of drug-likeness (QED) is 0.368. The number of rotatable bonds is 9. The van der Waals surface area contributed by atoms with Gasteiger partial charge in [-0.15, -0.1) is 11.3 Å². The molecule has 0 radical (unpaired) electrons. The van der Waals surface area contributed by atoms with Crippen LogP contribution in [0.5, 0.6) is 0 Å². The van der Waals surface area contributed by atoms with E-state index in [1.165, 1.54) is 36.2 Å². The summed E-state index contributed by atoms with van der Waals surface area (Å²) in [6.45, 7) is 3.65. The number of fused-ring (bicyclic) bond motifs is 3. The van der Waals surface area contributed by atoms with E-state index in [-0.39, 0.29) is 5.56 Å². The van der Waals surface area contributed by atoms with Crippen LogP contribution >= 0.6 is 11.3 Å². The fourth-order valence-electron chi connectivity index (χ4n) is 3.57. The van der Waals surface area contributed by atoms with Crippen LogP contribution in [0.25, 0.3) is 20.4 Å². The van der Waals surface area contributed by atoms with Gasteiger partial charge in [0.1, 0.15) is 9.53 Å². The molecule has 0 fully saturated rings. The summed E-state index contributed by atoms with van der Waals surface area (Å²) >= 11 is 1.44. The van der Waals surface area contributed by atoms with Gasteiger partial charge in [0.05, 0.1) is 17.2 Å². The SMILES string of the molecule is CCCCCCCn1cnc2c(sc3nccc(NCc4ccccc4)c32)c1=O. The lowest BCUT2D eigenvalue weighted by molar-refractivity contribution is 0.556. The van der Waals surface area contributed by atoms with Crippen molar-refractivity contribution in [1.82, 2.24) is 14.5 Å². The Kier molecular flexibility index (Phi) is 6.20. The zero-order valence-electron chi connectivity index (χ0n) is 16.7. The molecule has 0 atom stereocenters. The number of aryl methyl sites for hydroxylation is 1. The van der Waals surface area contributed by atoms with Gasteiger partial charge in [0, 0.05) is 25.0 Å². The molecular formula is C23H26N4OS. The molecule has 29 heavy (non-hydrogen) atoms. The maximum absolute atomic E-state index is 13.0. The number of pyridine rings is 1. The minimum Gasteiger partial charge on any atom is -0.380 e. The van der Waals surface area contributed by atoms with E-state index in [2.05, 4.69) is 34.3 Å². The molecule has 4 aromatic rings. The fourth-order valence-corrected chi connectivity index (χ4v) is 4.64. The lowest BCUT2D eigenvalue weighted by atomic mass is 10.1. The van der Waals surface area contributed by atoms with Gasteiger partial charge in [-0.1, -0.05) is 62.9 Å². The highest BCUT2D eigenvalue weighted by molar-refractivity contribution is 7.25. The summed E-state index contributed by atoms with van der Waals surface area (Å²) in [7, 11) is 0. The van der Waals surface area contributed by atoms with E-state index < -0.39 is 0 Å². The lowest BCUT2D eigenvalue weighted by Gasteiger charge is -2.08. The van der Waals surface area contributed by atoms with Gasteiger partial charge in [-0.3, -0.25) is 9.36 Å². The van der Waals surface area contributed by atoms with Crippen molar-refractivity contribution in [2.24, 2.45) is 0 Å².